The van der Waals surface area contributed by atoms with E-state index in [1.54, 1.807) is 0 Å². The van der Waals surface area contributed by atoms with E-state index >= 15 is 0 Å². The van der Waals surface area contributed by atoms with E-state index in [2.05, 4.69) is 45.4 Å². The van der Waals surface area contributed by atoms with Gasteiger partial charge in [-0.15, -0.1) is 0 Å². The SMILES string of the molecule is CCc1nsc(N2Cc3ccccc3CC2CN)n1. The van der Waals surface area contributed by atoms with Crippen molar-refractivity contribution in [2.75, 3.05) is 11.4 Å². The number of aromatic nitrogens is 2. The number of fused-ring (bicyclic) bond motifs is 1. The van der Waals surface area contributed by atoms with Gasteiger partial charge in [0.15, 0.2) is 0 Å². The molecule has 1 aromatic heterocycles. The fraction of sp³-hybridized carbons (Fsp3) is 0.429. The van der Waals surface area contributed by atoms with E-state index in [-0.39, 0.29) is 0 Å². The second-order valence-electron chi connectivity index (χ2n) is 4.84. The normalized spacial score (nSPS) is 18.4. The van der Waals surface area contributed by atoms with Gasteiger partial charge in [0.25, 0.3) is 0 Å². The van der Waals surface area contributed by atoms with Gasteiger partial charge in [-0.1, -0.05) is 31.2 Å². The largest absolute Gasteiger partial charge is 0.338 e. The predicted octanol–water partition coefficient (Wildman–Crippen LogP) is 1.99. The molecule has 4 nitrogen and oxygen atoms in total. The number of aryl methyl sites for hydroxylation is 1. The lowest BCUT2D eigenvalue weighted by atomic mass is 9.94. The second-order valence-corrected chi connectivity index (χ2v) is 5.57. The maximum Gasteiger partial charge on any atom is 0.205 e. The number of rotatable bonds is 3. The Morgan fingerprint density at radius 1 is 1.37 bits per heavy atom. The lowest BCUT2D eigenvalue weighted by molar-refractivity contribution is 0.559. The Labute approximate surface area is 117 Å². The Morgan fingerprint density at radius 3 is 2.84 bits per heavy atom. The quantitative estimate of drug-likeness (QED) is 0.930. The fourth-order valence-corrected chi connectivity index (χ4v) is 3.35. The monoisotopic (exact) mass is 274 g/mol. The standard InChI is InChI=1S/C14H18N4S/c1-2-13-16-14(19-17-13)18-9-11-6-4-3-5-10(11)7-12(18)8-15/h3-6,12H,2,7-9,15H2,1H3. The van der Waals surface area contributed by atoms with Crippen molar-refractivity contribution in [1.82, 2.24) is 9.36 Å². The highest BCUT2D eigenvalue weighted by atomic mass is 32.1. The number of nitrogens with zero attached hydrogens (tertiary/aromatic N) is 3. The van der Waals surface area contributed by atoms with E-state index in [0.29, 0.717) is 12.6 Å². The third-order valence-electron chi connectivity index (χ3n) is 3.65. The molecular weight excluding hydrogens is 256 g/mol. The highest BCUT2D eigenvalue weighted by Crippen LogP contribution is 2.29. The molecule has 1 atom stereocenters. The molecule has 0 fully saturated rings. The molecule has 1 aliphatic heterocycles. The van der Waals surface area contributed by atoms with E-state index in [1.807, 2.05) is 0 Å². The van der Waals surface area contributed by atoms with Gasteiger partial charge in [-0.05, 0) is 17.5 Å². The van der Waals surface area contributed by atoms with E-state index in [9.17, 15) is 0 Å². The summed E-state index contributed by atoms with van der Waals surface area (Å²) < 4.78 is 4.38. The van der Waals surface area contributed by atoms with Gasteiger partial charge in [-0.2, -0.15) is 4.37 Å². The molecule has 3 rings (SSSR count). The zero-order valence-corrected chi connectivity index (χ0v) is 11.9. The summed E-state index contributed by atoms with van der Waals surface area (Å²) >= 11 is 1.48. The number of anilines is 1. The van der Waals surface area contributed by atoms with Crippen LogP contribution in [0.15, 0.2) is 24.3 Å². The van der Waals surface area contributed by atoms with Crippen molar-refractivity contribution in [1.29, 1.82) is 0 Å². The van der Waals surface area contributed by atoms with Gasteiger partial charge >= 0.3 is 0 Å². The third kappa shape index (κ3) is 2.35. The Balaban J connectivity index is 1.92. The van der Waals surface area contributed by atoms with Crippen LogP contribution in [-0.2, 0) is 19.4 Å². The first-order valence-corrected chi connectivity index (χ1v) is 7.45. The van der Waals surface area contributed by atoms with Crippen LogP contribution in [0, 0.1) is 0 Å². The fourth-order valence-electron chi connectivity index (χ4n) is 2.53. The first-order chi connectivity index (χ1) is 9.31. The molecule has 0 saturated heterocycles. The van der Waals surface area contributed by atoms with Crippen LogP contribution in [0.2, 0.25) is 0 Å². The lowest BCUT2D eigenvalue weighted by Gasteiger charge is -2.35. The van der Waals surface area contributed by atoms with Crippen LogP contribution in [0.4, 0.5) is 5.13 Å². The summed E-state index contributed by atoms with van der Waals surface area (Å²) in [5.41, 5.74) is 8.73. The van der Waals surface area contributed by atoms with Gasteiger partial charge in [0.1, 0.15) is 5.82 Å². The van der Waals surface area contributed by atoms with Crippen LogP contribution >= 0.6 is 11.5 Å². The molecule has 5 heteroatoms. The molecule has 2 aromatic rings. The molecular formula is C14H18N4S. The minimum Gasteiger partial charge on any atom is -0.338 e. The predicted molar refractivity (Wildman–Crippen MR) is 78.5 cm³/mol. The van der Waals surface area contributed by atoms with Crippen molar-refractivity contribution < 1.29 is 0 Å². The van der Waals surface area contributed by atoms with Crippen LogP contribution in [0.5, 0.6) is 0 Å². The summed E-state index contributed by atoms with van der Waals surface area (Å²) in [6.45, 7) is 3.61. The Morgan fingerprint density at radius 2 is 2.16 bits per heavy atom. The Kier molecular flexibility index (Phi) is 3.48. The Hall–Kier alpha value is -1.46. The highest BCUT2D eigenvalue weighted by molar-refractivity contribution is 7.09. The molecule has 0 amide bonds. The first-order valence-electron chi connectivity index (χ1n) is 6.68. The molecule has 0 aliphatic carbocycles. The zero-order valence-electron chi connectivity index (χ0n) is 11.0. The maximum absolute atomic E-state index is 5.94. The molecule has 19 heavy (non-hydrogen) atoms. The molecule has 0 radical (unpaired) electrons. The minimum atomic E-state index is 0.326. The van der Waals surface area contributed by atoms with Crippen LogP contribution in [0.1, 0.15) is 23.9 Å². The summed E-state index contributed by atoms with van der Waals surface area (Å²) in [6, 6.07) is 8.91. The Bertz CT molecular complexity index is 566. The number of hydrogen-bond acceptors (Lipinski definition) is 5. The van der Waals surface area contributed by atoms with E-state index in [4.69, 9.17) is 5.73 Å². The summed E-state index contributed by atoms with van der Waals surface area (Å²) in [6.07, 6.45) is 1.88. The number of benzene rings is 1. The third-order valence-corrected chi connectivity index (χ3v) is 4.44. The van der Waals surface area contributed by atoms with Gasteiger partial charge in [0.2, 0.25) is 5.13 Å². The van der Waals surface area contributed by atoms with Gasteiger partial charge in [0.05, 0.1) is 0 Å². The summed E-state index contributed by atoms with van der Waals surface area (Å²) in [5.74, 6) is 0.926. The van der Waals surface area contributed by atoms with Crippen molar-refractivity contribution in [3.8, 4) is 0 Å². The topological polar surface area (TPSA) is 55.0 Å². The average molecular weight is 274 g/mol. The lowest BCUT2D eigenvalue weighted by Crippen LogP contribution is -2.45. The molecule has 2 N–H and O–H groups in total. The van der Waals surface area contributed by atoms with Gasteiger partial charge in [-0.25, -0.2) is 4.98 Å². The van der Waals surface area contributed by atoms with Gasteiger partial charge in [-0.3, -0.25) is 0 Å². The van der Waals surface area contributed by atoms with Crippen molar-refractivity contribution in [2.24, 2.45) is 5.73 Å². The second kappa shape index (κ2) is 5.27. The highest BCUT2D eigenvalue weighted by Gasteiger charge is 2.27. The van der Waals surface area contributed by atoms with E-state index in [0.717, 1.165) is 30.3 Å². The number of hydrogen-bond donors (Lipinski definition) is 1. The maximum atomic E-state index is 5.94. The van der Waals surface area contributed by atoms with Crippen LogP contribution < -0.4 is 10.6 Å². The van der Waals surface area contributed by atoms with Gasteiger partial charge < -0.3 is 10.6 Å². The molecule has 0 saturated carbocycles. The van der Waals surface area contributed by atoms with E-state index in [1.165, 1.54) is 22.7 Å². The molecule has 0 spiro atoms. The minimum absolute atomic E-state index is 0.326. The molecule has 0 bridgehead atoms. The van der Waals surface area contributed by atoms with Crippen LogP contribution in [-0.4, -0.2) is 21.9 Å². The van der Waals surface area contributed by atoms with Crippen molar-refractivity contribution in [3.63, 3.8) is 0 Å². The molecule has 1 aromatic carbocycles. The molecule has 1 unspecified atom stereocenters. The van der Waals surface area contributed by atoms with E-state index < -0.39 is 0 Å². The van der Waals surface area contributed by atoms with Crippen molar-refractivity contribution in [2.45, 2.75) is 32.4 Å². The first kappa shape index (κ1) is 12.6. The average Bonchev–Trinajstić information content (AvgIpc) is 2.94. The van der Waals surface area contributed by atoms with Crippen LogP contribution in [0.25, 0.3) is 0 Å². The number of nitrogens with two attached hydrogens (primary N) is 1. The van der Waals surface area contributed by atoms with Crippen molar-refractivity contribution in [3.05, 3.63) is 41.2 Å². The zero-order chi connectivity index (χ0) is 13.2. The molecule has 2 heterocycles. The molecule has 100 valence electrons. The summed E-state index contributed by atoms with van der Waals surface area (Å²) in [4.78, 5) is 6.91. The summed E-state index contributed by atoms with van der Waals surface area (Å²) in [5, 5.41) is 1.00. The molecule has 1 aliphatic rings. The summed E-state index contributed by atoms with van der Waals surface area (Å²) in [7, 11) is 0. The van der Waals surface area contributed by atoms with Crippen molar-refractivity contribution >= 4 is 16.7 Å². The van der Waals surface area contributed by atoms with Crippen LogP contribution in [0.3, 0.4) is 0 Å². The van der Waals surface area contributed by atoms with Gasteiger partial charge in [0, 0.05) is 37.1 Å². The smallest absolute Gasteiger partial charge is 0.205 e.